The van der Waals surface area contributed by atoms with Crippen molar-refractivity contribution in [1.82, 2.24) is 10.6 Å². The summed E-state index contributed by atoms with van der Waals surface area (Å²) in [6, 6.07) is 5.17. The molecule has 1 amide bonds. The van der Waals surface area contributed by atoms with Crippen LogP contribution in [0, 0.1) is 11.3 Å². The molecule has 1 fully saturated rings. The van der Waals surface area contributed by atoms with Gasteiger partial charge in [0.05, 0.1) is 34.0 Å². The summed E-state index contributed by atoms with van der Waals surface area (Å²) < 4.78 is 6.65. The lowest BCUT2D eigenvalue weighted by Gasteiger charge is -2.49. The standard InChI is InChI=1S/C19H29ClN4O3Si/c1-18(2,3)28(4,5)27-15-11-23-7-6-19(15,24-17(25)26)13-8-12(10-21)9-14(22)16(13)20/h8-9,15,23-24H,6-7,11,22H2,1-5H3,(H,25,26)/t15-,19-/m0/s1. The van der Waals surface area contributed by atoms with E-state index in [2.05, 4.69) is 50.6 Å². The number of halogens is 1. The maximum Gasteiger partial charge on any atom is 0.405 e. The molecule has 1 heterocycles. The zero-order chi connectivity index (χ0) is 21.3. The summed E-state index contributed by atoms with van der Waals surface area (Å²) in [5.74, 6) is 0. The van der Waals surface area contributed by atoms with Gasteiger partial charge in [-0.05, 0) is 43.2 Å². The minimum Gasteiger partial charge on any atom is -0.465 e. The Morgan fingerprint density at radius 2 is 2.14 bits per heavy atom. The highest BCUT2D eigenvalue weighted by Crippen LogP contribution is 2.44. The van der Waals surface area contributed by atoms with E-state index in [-0.39, 0.29) is 15.7 Å². The molecule has 28 heavy (non-hydrogen) atoms. The molecular weight excluding hydrogens is 396 g/mol. The van der Waals surface area contributed by atoms with Crippen molar-refractivity contribution in [3.05, 3.63) is 28.3 Å². The van der Waals surface area contributed by atoms with Gasteiger partial charge in [-0.2, -0.15) is 5.26 Å². The number of piperidine rings is 1. The van der Waals surface area contributed by atoms with Gasteiger partial charge >= 0.3 is 6.09 Å². The number of hydrogen-bond donors (Lipinski definition) is 4. The molecule has 1 aromatic rings. The highest BCUT2D eigenvalue weighted by molar-refractivity contribution is 6.74. The number of anilines is 1. The van der Waals surface area contributed by atoms with Crippen molar-refractivity contribution in [3.63, 3.8) is 0 Å². The van der Waals surface area contributed by atoms with Gasteiger partial charge in [-0.25, -0.2) is 4.79 Å². The second-order valence-corrected chi connectivity index (χ2v) is 13.9. The van der Waals surface area contributed by atoms with Gasteiger partial charge < -0.3 is 25.9 Å². The van der Waals surface area contributed by atoms with Crippen LogP contribution in [-0.2, 0) is 9.96 Å². The van der Waals surface area contributed by atoms with Crippen molar-refractivity contribution < 1.29 is 14.3 Å². The van der Waals surface area contributed by atoms with Crippen molar-refractivity contribution in [2.45, 2.75) is 57.0 Å². The van der Waals surface area contributed by atoms with Crippen molar-refractivity contribution in [1.29, 1.82) is 5.26 Å². The van der Waals surface area contributed by atoms with Crippen LogP contribution in [0.25, 0.3) is 0 Å². The fourth-order valence-corrected chi connectivity index (χ4v) is 4.90. The topological polar surface area (TPSA) is 120 Å². The van der Waals surface area contributed by atoms with Crippen LogP contribution < -0.4 is 16.4 Å². The Labute approximate surface area is 172 Å². The van der Waals surface area contributed by atoms with Gasteiger partial charge in [0.25, 0.3) is 0 Å². The number of carbonyl (C=O) groups is 1. The molecule has 7 nitrogen and oxygen atoms in total. The van der Waals surface area contributed by atoms with Gasteiger partial charge in [0.1, 0.15) is 0 Å². The van der Waals surface area contributed by atoms with Gasteiger partial charge in [0, 0.05) is 12.1 Å². The molecule has 0 saturated carbocycles. The smallest absolute Gasteiger partial charge is 0.405 e. The Kier molecular flexibility index (Phi) is 6.36. The number of nitrogens with one attached hydrogen (secondary N) is 2. The minimum absolute atomic E-state index is 0.0588. The molecule has 5 N–H and O–H groups in total. The summed E-state index contributed by atoms with van der Waals surface area (Å²) in [5, 5.41) is 25.2. The summed E-state index contributed by atoms with van der Waals surface area (Å²) >= 11 is 6.52. The lowest BCUT2D eigenvalue weighted by Crippen LogP contribution is -2.64. The van der Waals surface area contributed by atoms with Crippen LogP contribution in [0.4, 0.5) is 10.5 Å². The number of nitrogens with two attached hydrogens (primary N) is 1. The molecular formula is C19H29ClN4O3Si. The van der Waals surface area contributed by atoms with E-state index in [4.69, 9.17) is 21.8 Å². The van der Waals surface area contributed by atoms with Crippen LogP contribution >= 0.6 is 11.6 Å². The summed E-state index contributed by atoms with van der Waals surface area (Å²) in [6.45, 7) is 11.7. The summed E-state index contributed by atoms with van der Waals surface area (Å²) in [5.41, 5.74) is 5.98. The van der Waals surface area contributed by atoms with Crippen molar-refractivity contribution >= 4 is 31.7 Å². The number of benzene rings is 1. The number of nitrogen functional groups attached to an aromatic ring is 1. The molecule has 1 aliphatic heterocycles. The molecule has 9 heteroatoms. The molecule has 1 aromatic carbocycles. The highest BCUT2D eigenvalue weighted by atomic mass is 35.5. The van der Waals surface area contributed by atoms with Crippen molar-refractivity contribution in [2.75, 3.05) is 18.8 Å². The Morgan fingerprint density at radius 1 is 1.50 bits per heavy atom. The SMILES string of the molecule is CC(C)(C)[Si](C)(C)O[C@H]1CNCC[C@]1(NC(=O)O)c1cc(C#N)cc(N)c1Cl. The third kappa shape index (κ3) is 4.28. The Bertz CT molecular complexity index is 804. The maximum absolute atomic E-state index is 11.8. The van der Waals surface area contributed by atoms with Crippen molar-refractivity contribution in [3.8, 4) is 6.07 Å². The first-order chi connectivity index (χ1) is 12.8. The number of nitriles is 1. The van der Waals surface area contributed by atoms with Crippen LogP contribution in [0.1, 0.15) is 38.3 Å². The Hall–Kier alpha value is -1.79. The monoisotopic (exact) mass is 424 g/mol. The molecule has 2 rings (SSSR count). The number of nitrogens with zero attached hydrogens (tertiary/aromatic N) is 1. The molecule has 0 aliphatic carbocycles. The summed E-state index contributed by atoms with van der Waals surface area (Å²) in [6.07, 6.45) is -1.25. The van der Waals surface area contributed by atoms with Gasteiger partial charge in [0.15, 0.2) is 8.32 Å². The predicted octanol–water partition coefficient (Wildman–Crippen LogP) is 3.64. The summed E-state index contributed by atoms with van der Waals surface area (Å²) in [7, 11) is -2.23. The molecule has 0 unspecified atom stereocenters. The normalized spacial score (nSPS) is 23.1. The van der Waals surface area contributed by atoms with E-state index in [1.54, 1.807) is 6.07 Å². The van der Waals surface area contributed by atoms with E-state index in [0.717, 1.165) is 0 Å². The van der Waals surface area contributed by atoms with E-state index >= 15 is 0 Å². The predicted molar refractivity (Wildman–Crippen MR) is 113 cm³/mol. The fourth-order valence-electron chi connectivity index (χ4n) is 3.27. The van der Waals surface area contributed by atoms with Gasteiger partial charge in [-0.1, -0.05) is 32.4 Å². The Balaban J connectivity index is 2.66. The van der Waals surface area contributed by atoms with Gasteiger partial charge in [-0.15, -0.1) is 0 Å². The lowest BCUT2D eigenvalue weighted by atomic mass is 9.78. The first-order valence-electron chi connectivity index (χ1n) is 9.23. The van der Waals surface area contributed by atoms with Gasteiger partial charge in [0.2, 0.25) is 0 Å². The second-order valence-electron chi connectivity index (χ2n) is 8.76. The van der Waals surface area contributed by atoms with Crippen molar-refractivity contribution in [2.24, 2.45) is 0 Å². The third-order valence-electron chi connectivity index (χ3n) is 5.86. The third-order valence-corrected chi connectivity index (χ3v) is 10.8. The average molecular weight is 425 g/mol. The van der Waals surface area contributed by atoms with E-state index in [0.29, 0.717) is 30.6 Å². The lowest BCUT2D eigenvalue weighted by molar-refractivity contribution is 0.0411. The van der Waals surface area contributed by atoms with Gasteiger partial charge in [-0.3, -0.25) is 0 Å². The maximum atomic E-state index is 11.8. The first-order valence-corrected chi connectivity index (χ1v) is 12.5. The second kappa shape index (κ2) is 7.91. The molecule has 0 bridgehead atoms. The van der Waals surface area contributed by atoms with Crippen LogP contribution in [0.5, 0.6) is 0 Å². The zero-order valence-electron chi connectivity index (χ0n) is 17.0. The number of carboxylic acid groups (broad SMARTS) is 1. The fraction of sp³-hybridized carbons (Fsp3) is 0.579. The molecule has 2 atom stereocenters. The number of hydrogen-bond acceptors (Lipinski definition) is 5. The Morgan fingerprint density at radius 3 is 2.68 bits per heavy atom. The quantitative estimate of drug-likeness (QED) is 0.432. The molecule has 1 saturated heterocycles. The minimum atomic E-state index is -2.23. The molecule has 154 valence electrons. The van der Waals surface area contributed by atoms with E-state index in [1.165, 1.54) is 6.07 Å². The summed E-state index contributed by atoms with van der Waals surface area (Å²) in [4.78, 5) is 11.8. The van der Waals surface area contributed by atoms with E-state index in [1.807, 2.05) is 0 Å². The van der Waals surface area contributed by atoms with Crippen LogP contribution in [0.3, 0.4) is 0 Å². The van der Waals surface area contributed by atoms with Crippen LogP contribution in [0.2, 0.25) is 23.2 Å². The van der Waals surface area contributed by atoms with Crippen LogP contribution in [-0.4, -0.2) is 38.7 Å². The first kappa shape index (κ1) is 22.5. The largest absolute Gasteiger partial charge is 0.465 e. The average Bonchev–Trinajstić information content (AvgIpc) is 2.57. The van der Waals surface area contributed by atoms with Crippen LogP contribution in [0.15, 0.2) is 12.1 Å². The molecule has 1 aliphatic rings. The zero-order valence-corrected chi connectivity index (χ0v) is 18.8. The number of rotatable bonds is 4. The van der Waals surface area contributed by atoms with E-state index < -0.39 is 26.1 Å². The number of amides is 1. The highest BCUT2D eigenvalue weighted by Gasteiger charge is 2.50. The molecule has 0 radical (unpaired) electrons. The molecule has 0 aromatic heterocycles. The van der Waals surface area contributed by atoms with E-state index in [9.17, 15) is 15.2 Å². The molecule has 0 spiro atoms.